The maximum atomic E-state index is 3.98. The fourth-order valence-corrected chi connectivity index (χ4v) is 1.50. The highest BCUT2D eigenvalue weighted by Gasteiger charge is 2.02. The van der Waals surface area contributed by atoms with Gasteiger partial charge in [-0.15, -0.1) is 10.2 Å². The van der Waals surface area contributed by atoms with Gasteiger partial charge in [0.25, 0.3) is 0 Å². The molecule has 2 heterocycles. The van der Waals surface area contributed by atoms with Gasteiger partial charge in [0.15, 0.2) is 5.65 Å². The maximum Gasteiger partial charge on any atom is 0.160 e. The largest absolute Gasteiger partial charge is 0.286 e. The number of nitrogens with zero attached hydrogens (tertiary/aromatic N) is 3. The molecule has 0 aliphatic heterocycles. The predicted molar refractivity (Wildman–Crippen MR) is 47.1 cm³/mol. The first-order valence-electron chi connectivity index (χ1n) is 4.11. The fourth-order valence-electron chi connectivity index (χ4n) is 1.50. The summed E-state index contributed by atoms with van der Waals surface area (Å²) in [5, 5.41) is 7.85. The first kappa shape index (κ1) is 7.28. The zero-order valence-corrected chi connectivity index (χ0v) is 7.28. The molecule has 0 aromatic carbocycles. The van der Waals surface area contributed by atoms with Crippen molar-refractivity contribution in [1.82, 2.24) is 14.6 Å². The smallest absolute Gasteiger partial charge is 0.160 e. The van der Waals surface area contributed by atoms with Gasteiger partial charge in [0.2, 0.25) is 0 Å². The number of hydrogen-bond acceptors (Lipinski definition) is 2. The van der Waals surface area contributed by atoms with Crippen LogP contribution in [0.15, 0.2) is 18.5 Å². The summed E-state index contributed by atoms with van der Waals surface area (Å²) in [6, 6.07) is 4.07. The molecule has 0 bridgehead atoms. The molecule has 0 unspecified atom stereocenters. The van der Waals surface area contributed by atoms with Gasteiger partial charge < -0.3 is 0 Å². The first-order valence-corrected chi connectivity index (χ1v) is 4.11. The van der Waals surface area contributed by atoms with Crippen molar-refractivity contribution < 1.29 is 0 Å². The van der Waals surface area contributed by atoms with Gasteiger partial charge in [0, 0.05) is 5.69 Å². The van der Waals surface area contributed by atoms with Crippen LogP contribution in [-0.2, 0) is 6.42 Å². The molecule has 2 aromatic heterocycles. The van der Waals surface area contributed by atoms with Crippen molar-refractivity contribution in [2.45, 2.75) is 20.3 Å². The molecule has 0 saturated carbocycles. The number of hydrogen-bond donors (Lipinski definition) is 0. The van der Waals surface area contributed by atoms with Gasteiger partial charge in [0.05, 0.1) is 0 Å². The minimum atomic E-state index is 0.928. The molecule has 2 aromatic rings. The Morgan fingerprint density at radius 1 is 1.42 bits per heavy atom. The van der Waals surface area contributed by atoms with Gasteiger partial charge in [-0.2, -0.15) is 0 Å². The highest BCUT2D eigenvalue weighted by molar-refractivity contribution is 5.41. The third-order valence-electron chi connectivity index (χ3n) is 2.14. The second-order valence-electron chi connectivity index (χ2n) is 2.88. The van der Waals surface area contributed by atoms with Crippen LogP contribution in [0.1, 0.15) is 18.2 Å². The molecule has 0 fully saturated rings. The molecular weight excluding hydrogens is 150 g/mol. The molecule has 0 aliphatic carbocycles. The molecule has 0 radical (unpaired) electrons. The van der Waals surface area contributed by atoms with Crippen molar-refractivity contribution in [3.05, 3.63) is 29.7 Å². The van der Waals surface area contributed by atoms with Crippen molar-refractivity contribution in [3.8, 4) is 0 Å². The second-order valence-corrected chi connectivity index (χ2v) is 2.88. The van der Waals surface area contributed by atoms with Crippen molar-refractivity contribution in [2.24, 2.45) is 0 Å². The number of pyridine rings is 1. The van der Waals surface area contributed by atoms with E-state index in [-0.39, 0.29) is 0 Å². The minimum absolute atomic E-state index is 0.928. The lowest BCUT2D eigenvalue weighted by molar-refractivity contribution is 0.951. The van der Waals surface area contributed by atoms with Gasteiger partial charge >= 0.3 is 0 Å². The number of rotatable bonds is 1. The van der Waals surface area contributed by atoms with E-state index in [1.807, 2.05) is 10.5 Å². The van der Waals surface area contributed by atoms with E-state index < -0.39 is 0 Å². The van der Waals surface area contributed by atoms with E-state index in [1.165, 1.54) is 11.3 Å². The first-order chi connectivity index (χ1) is 5.83. The van der Waals surface area contributed by atoms with Gasteiger partial charge in [0.1, 0.15) is 6.33 Å². The summed E-state index contributed by atoms with van der Waals surface area (Å²) < 4.78 is 2.04. The number of aromatic nitrogens is 3. The van der Waals surface area contributed by atoms with Crippen LogP contribution < -0.4 is 0 Å². The molecule has 0 N–H and O–H groups in total. The van der Waals surface area contributed by atoms with Gasteiger partial charge in [-0.25, -0.2) is 0 Å². The Labute approximate surface area is 71.1 Å². The second kappa shape index (κ2) is 2.59. The van der Waals surface area contributed by atoms with Crippen molar-refractivity contribution in [2.75, 3.05) is 0 Å². The van der Waals surface area contributed by atoms with Crippen LogP contribution >= 0.6 is 0 Å². The summed E-state index contributed by atoms with van der Waals surface area (Å²) in [5.41, 5.74) is 3.51. The summed E-state index contributed by atoms with van der Waals surface area (Å²) in [6.07, 6.45) is 2.78. The normalized spacial score (nSPS) is 10.8. The lowest BCUT2D eigenvalue weighted by atomic mass is 10.2. The summed E-state index contributed by atoms with van der Waals surface area (Å²) in [5.74, 6) is 0. The highest BCUT2D eigenvalue weighted by Crippen LogP contribution is 2.10. The molecule has 0 aliphatic rings. The lowest BCUT2D eigenvalue weighted by Crippen LogP contribution is -1.96. The van der Waals surface area contributed by atoms with E-state index in [4.69, 9.17) is 0 Å². The zero-order chi connectivity index (χ0) is 8.55. The van der Waals surface area contributed by atoms with E-state index in [0.717, 1.165) is 12.1 Å². The van der Waals surface area contributed by atoms with Gasteiger partial charge in [-0.1, -0.05) is 13.0 Å². The fraction of sp³-hybridized carbons (Fsp3) is 0.333. The molecule has 3 heteroatoms. The lowest BCUT2D eigenvalue weighted by Gasteiger charge is -2.04. The Hall–Kier alpha value is -1.38. The molecule has 0 saturated heterocycles. The topological polar surface area (TPSA) is 30.2 Å². The van der Waals surface area contributed by atoms with Gasteiger partial charge in [-0.05, 0) is 25.0 Å². The van der Waals surface area contributed by atoms with E-state index in [1.54, 1.807) is 6.33 Å². The average molecular weight is 161 g/mol. The number of aryl methyl sites for hydroxylation is 2. The molecule has 0 atom stereocenters. The van der Waals surface area contributed by atoms with E-state index in [0.29, 0.717) is 0 Å². The summed E-state index contributed by atoms with van der Waals surface area (Å²) in [6.45, 7) is 4.25. The van der Waals surface area contributed by atoms with E-state index in [9.17, 15) is 0 Å². The third-order valence-corrected chi connectivity index (χ3v) is 2.14. The van der Waals surface area contributed by atoms with Crippen LogP contribution in [0.3, 0.4) is 0 Å². The summed E-state index contributed by atoms with van der Waals surface area (Å²) >= 11 is 0. The SMILES string of the molecule is CCc1c(C)ccc2nncn12. The molecule has 0 spiro atoms. The van der Waals surface area contributed by atoms with Crippen molar-refractivity contribution in [1.29, 1.82) is 0 Å². The van der Waals surface area contributed by atoms with Crippen LogP contribution in [0.2, 0.25) is 0 Å². The van der Waals surface area contributed by atoms with Crippen LogP contribution in [0.5, 0.6) is 0 Å². The van der Waals surface area contributed by atoms with E-state index in [2.05, 4.69) is 30.1 Å². The maximum absolute atomic E-state index is 3.98. The van der Waals surface area contributed by atoms with Crippen LogP contribution in [0.4, 0.5) is 0 Å². The summed E-state index contributed by atoms with van der Waals surface area (Å²) in [7, 11) is 0. The Kier molecular flexibility index (Phi) is 1.57. The molecular formula is C9H11N3. The predicted octanol–water partition coefficient (Wildman–Crippen LogP) is 1.60. The molecule has 2 rings (SSSR count). The highest BCUT2D eigenvalue weighted by atomic mass is 15.2. The van der Waals surface area contributed by atoms with Crippen LogP contribution in [0.25, 0.3) is 5.65 Å². The quantitative estimate of drug-likeness (QED) is 0.636. The molecule has 3 nitrogen and oxygen atoms in total. The van der Waals surface area contributed by atoms with Crippen molar-refractivity contribution in [3.63, 3.8) is 0 Å². The minimum Gasteiger partial charge on any atom is -0.286 e. The molecule has 12 heavy (non-hydrogen) atoms. The molecule has 0 amide bonds. The number of fused-ring (bicyclic) bond motifs is 1. The standard InChI is InChI=1S/C9H11N3/c1-3-8-7(2)4-5-9-11-10-6-12(8)9/h4-6H,3H2,1-2H3. The van der Waals surface area contributed by atoms with Crippen LogP contribution in [-0.4, -0.2) is 14.6 Å². The Balaban J connectivity index is 2.83. The van der Waals surface area contributed by atoms with Crippen molar-refractivity contribution >= 4 is 5.65 Å². The monoisotopic (exact) mass is 161 g/mol. The average Bonchev–Trinajstić information content (AvgIpc) is 2.52. The summed E-state index contributed by atoms with van der Waals surface area (Å²) in [4.78, 5) is 0. The molecule has 62 valence electrons. The van der Waals surface area contributed by atoms with Crippen LogP contribution in [0, 0.1) is 6.92 Å². The Morgan fingerprint density at radius 2 is 2.25 bits per heavy atom. The zero-order valence-electron chi connectivity index (χ0n) is 7.28. The van der Waals surface area contributed by atoms with E-state index >= 15 is 0 Å². The third kappa shape index (κ3) is 0.897. The Bertz CT molecular complexity index is 403. The van der Waals surface area contributed by atoms with Gasteiger partial charge in [-0.3, -0.25) is 4.40 Å². The Morgan fingerprint density at radius 3 is 3.00 bits per heavy atom.